The molecule has 78 valence electrons. The first-order valence-corrected chi connectivity index (χ1v) is 5.14. The van der Waals surface area contributed by atoms with Crippen LogP contribution in [-0.4, -0.2) is 17.7 Å². The second kappa shape index (κ2) is 4.41. The minimum absolute atomic E-state index is 0.0545. The van der Waals surface area contributed by atoms with Crippen LogP contribution < -0.4 is 4.74 Å². The predicted molar refractivity (Wildman–Crippen MR) is 53.5 cm³/mol. The molecule has 0 bridgehead atoms. The summed E-state index contributed by atoms with van der Waals surface area (Å²) in [6.07, 6.45) is -0.703. The number of hydrogen-bond donors (Lipinski definition) is 0. The molecular weight excluding hydrogens is 202 g/mol. The number of carbonyl (C=O) groups is 1. The third-order valence-corrected chi connectivity index (χ3v) is 1.79. The average Bonchev–Trinajstić information content (AvgIpc) is 2.52. The summed E-state index contributed by atoms with van der Waals surface area (Å²) in [5.74, 6) is 0.286. The Labute approximate surface area is 86.9 Å². The van der Waals surface area contributed by atoms with Crippen molar-refractivity contribution in [3.05, 3.63) is 10.9 Å². The molecule has 0 aliphatic carbocycles. The summed E-state index contributed by atoms with van der Waals surface area (Å²) in [6.45, 7) is 6.26. The minimum atomic E-state index is -0.703. The van der Waals surface area contributed by atoms with Crippen molar-refractivity contribution in [1.29, 1.82) is 0 Å². The number of hydrogen-bond acceptors (Lipinski definition) is 5. The van der Waals surface area contributed by atoms with E-state index in [1.807, 2.05) is 20.8 Å². The first-order chi connectivity index (χ1) is 6.47. The predicted octanol–water partition coefficient (Wildman–Crippen LogP) is 2.70. The van der Waals surface area contributed by atoms with Crippen LogP contribution >= 0.6 is 11.3 Å². The zero-order valence-electron chi connectivity index (χ0n) is 8.44. The van der Waals surface area contributed by atoms with E-state index in [0.29, 0.717) is 6.61 Å². The molecule has 0 unspecified atom stereocenters. The van der Waals surface area contributed by atoms with Crippen molar-refractivity contribution in [2.45, 2.75) is 20.8 Å². The first-order valence-electron chi connectivity index (χ1n) is 4.20. The lowest BCUT2D eigenvalue weighted by Gasteiger charge is -2.16. The minimum Gasteiger partial charge on any atom is -0.433 e. The van der Waals surface area contributed by atoms with Crippen LogP contribution in [0.1, 0.15) is 20.8 Å². The van der Waals surface area contributed by atoms with Crippen LogP contribution in [0.3, 0.4) is 0 Å². The summed E-state index contributed by atoms with van der Waals surface area (Å²) in [7, 11) is 0. The van der Waals surface area contributed by atoms with E-state index >= 15 is 0 Å². The molecule has 0 aromatic carbocycles. The molecule has 5 heteroatoms. The molecule has 1 heterocycles. The van der Waals surface area contributed by atoms with Crippen LogP contribution in [0.25, 0.3) is 0 Å². The highest BCUT2D eigenvalue weighted by Gasteiger charge is 2.15. The number of ether oxygens (including phenoxy) is 2. The number of rotatable bonds is 2. The fraction of sp³-hybridized carbons (Fsp3) is 0.556. The fourth-order valence-corrected chi connectivity index (χ4v) is 1.09. The Morgan fingerprint density at radius 2 is 2.29 bits per heavy atom. The van der Waals surface area contributed by atoms with Crippen LogP contribution in [0.15, 0.2) is 10.9 Å². The van der Waals surface area contributed by atoms with Gasteiger partial charge in [-0.2, -0.15) is 0 Å². The van der Waals surface area contributed by atoms with Crippen molar-refractivity contribution in [3.63, 3.8) is 0 Å². The fourth-order valence-electron chi connectivity index (χ4n) is 0.642. The van der Waals surface area contributed by atoms with Crippen molar-refractivity contribution < 1.29 is 14.3 Å². The highest BCUT2D eigenvalue weighted by Crippen LogP contribution is 2.14. The number of thiazole rings is 1. The SMILES string of the molecule is CC(C)(C)COC(=O)Oc1cscn1. The Morgan fingerprint density at radius 3 is 2.79 bits per heavy atom. The molecule has 1 aromatic rings. The summed E-state index contributed by atoms with van der Waals surface area (Å²) in [5, 5.41) is 1.64. The Morgan fingerprint density at radius 1 is 1.57 bits per heavy atom. The molecule has 0 fully saturated rings. The molecule has 0 atom stereocenters. The summed E-state index contributed by atoms with van der Waals surface area (Å²) < 4.78 is 9.67. The quantitative estimate of drug-likeness (QED) is 0.712. The Bertz CT molecular complexity index is 290. The topological polar surface area (TPSA) is 48.4 Å². The zero-order chi connectivity index (χ0) is 10.6. The molecule has 0 N–H and O–H groups in total. The van der Waals surface area contributed by atoms with Gasteiger partial charge in [0.05, 0.1) is 17.5 Å². The average molecular weight is 215 g/mol. The molecule has 1 rings (SSSR count). The second-order valence-corrected chi connectivity index (χ2v) is 4.75. The van der Waals surface area contributed by atoms with E-state index in [0.717, 1.165) is 0 Å². The normalized spacial score (nSPS) is 11.1. The van der Waals surface area contributed by atoms with Gasteiger partial charge in [-0.15, -0.1) is 11.3 Å². The molecule has 0 radical (unpaired) electrons. The Hall–Kier alpha value is -1.10. The van der Waals surface area contributed by atoms with Crippen LogP contribution in [-0.2, 0) is 4.74 Å². The maximum atomic E-state index is 11.1. The monoisotopic (exact) mass is 215 g/mol. The first kappa shape index (κ1) is 11.0. The van der Waals surface area contributed by atoms with Gasteiger partial charge < -0.3 is 9.47 Å². The highest BCUT2D eigenvalue weighted by atomic mass is 32.1. The maximum Gasteiger partial charge on any atom is 0.515 e. The van der Waals surface area contributed by atoms with Gasteiger partial charge in [0, 0.05) is 0 Å². The van der Waals surface area contributed by atoms with E-state index < -0.39 is 6.16 Å². The molecule has 14 heavy (non-hydrogen) atoms. The molecular formula is C9H13NO3S. The summed E-state index contributed by atoms with van der Waals surface area (Å²) in [4.78, 5) is 14.9. The molecule has 0 spiro atoms. The highest BCUT2D eigenvalue weighted by molar-refractivity contribution is 7.07. The van der Waals surface area contributed by atoms with E-state index in [2.05, 4.69) is 4.98 Å². The number of nitrogens with zero attached hydrogens (tertiary/aromatic N) is 1. The molecule has 1 aromatic heterocycles. The van der Waals surface area contributed by atoms with Crippen molar-refractivity contribution in [2.24, 2.45) is 5.41 Å². The third-order valence-electron chi connectivity index (χ3n) is 1.22. The second-order valence-electron chi connectivity index (χ2n) is 4.03. The molecule has 0 aliphatic heterocycles. The van der Waals surface area contributed by atoms with Gasteiger partial charge in [0.15, 0.2) is 0 Å². The number of aromatic nitrogens is 1. The zero-order valence-corrected chi connectivity index (χ0v) is 9.26. The van der Waals surface area contributed by atoms with Crippen LogP contribution in [0.5, 0.6) is 5.88 Å². The number of carbonyl (C=O) groups excluding carboxylic acids is 1. The van der Waals surface area contributed by atoms with E-state index in [-0.39, 0.29) is 11.3 Å². The Balaban J connectivity index is 2.30. The van der Waals surface area contributed by atoms with Crippen molar-refractivity contribution >= 4 is 17.5 Å². The molecule has 0 amide bonds. The summed E-state index contributed by atoms with van der Waals surface area (Å²) in [5.41, 5.74) is 1.54. The van der Waals surface area contributed by atoms with Gasteiger partial charge in [-0.3, -0.25) is 0 Å². The lowest BCUT2D eigenvalue weighted by molar-refractivity contribution is 0.0674. The van der Waals surface area contributed by atoms with Crippen LogP contribution in [0.4, 0.5) is 4.79 Å². The van der Waals surface area contributed by atoms with Crippen molar-refractivity contribution in [1.82, 2.24) is 4.98 Å². The molecule has 0 aliphatic rings. The summed E-state index contributed by atoms with van der Waals surface area (Å²) >= 11 is 1.36. The van der Waals surface area contributed by atoms with Gasteiger partial charge >= 0.3 is 6.16 Å². The van der Waals surface area contributed by atoms with E-state index in [1.54, 1.807) is 10.9 Å². The van der Waals surface area contributed by atoms with Crippen LogP contribution in [0, 0.1) is 5.41 Å². The van der Waals surface area contributed by atoms with Gasteiger partial charge in [0.2, 0.25) is 5.88 Å². The van der Waals surface area contributed by atoms with E-state index in [4.69, 9.17) is 9.47 Å². The lowest BCUT2D eigenvalue weighted by atomic mass is 9.99. The van der Waals surface area contributed by atoms with Crippen molar-refractivity contribution in [2.75, 3.05) is 6.61 Å². The van der Waals surface area contributed by atoms with E-state index in [1.165, 1.54) is 11.3 Å². The van der Waals surface area contributed by atoms with Gasteiger partial charge in [-0.25, -0.2) is 9.78 Å². The third kappa shape index (κ3) is 4.23. The van der Waals surface area contributed by atoms with Gasteiger partial charge in [-0.05, 0) is 5.41 Å². The summed E-state index contributed by atoms with van der Waals surface area (Å²) in [6, 6.07) is 0. The largest absolute Gasteiger partial charge is 0.515 e. The van der Waals surface area contributed by atoms with E-state index in [9.17, 15) is 4.79 Å². The standard InChI is InChI=1S/C9H13NO3S/c1-9(2,3)5-12-8(11)13-7-4-14-6-10-7/h4,6H,5H2,1-3H3. The smallest absolute Gasteiger partial charge is 0.433 e. The molecule has 0 saturated heterocycles. The lowest BCUT2D eigenvalue weighted by Crippen LogP contribution is -2.20. The van der Waals surface area contributed by atoms with Gasteiger partial charge in [0.25, 0.3) is 0 Å². The molecule has 0 saturated carbocycles. The van der Waals surface area contributed by atoms with Crippen LogP contribution in [0.2, 0.25) is 0 Å². The Kier molecular flexibility index (Phi) is 3.46. The van der Waals surface area contributed by atoms with Crippen molar-refractivity contribution in [3.8, 4) is 5.88 Å². The molecule has 4 nitrogen and oxygen atoms in total. The maximum absolute atomic E-state index is 11.1. The van der Waals surface area contributed by atoms with Gasteiger partial charge in [0.1, 0.15) is 0 Å². The van der Waals surface area contributed by atoms with Gasteiger partial charge in [-0.1, -0.05) is 20.8 Å².